The maximum absolute atomic E-state index is 13.2. The molecule has 0 saturated carbocycles. The van der Waals surface area contributed by atoms with E-state index in [-0.39, 0.29) is 11.3 Å². The fourth-order valence-corrected chi connectivity index (χ4v) is 4.46. The lowest BCUT2D eigenvalue weighted by molar-refractivity contribution is -0.695. The van der Waals surface area contributed by atoms with Crippen LogP contribution in [0, 0.1) is 0 Å². The standard InChI is InChI=1S/C26H26ClN3O5/c1-3-35-21-9-8-18(15-20(21)27)24(31)22-23(17-6-4-7-19(14-17)34-2)30(26(33)25(22)32)12-5-11-29-13-10-28-16-29/h4,6-10,13-16,23H,3,5,11-12H2,1-2H3,(H,31,32)/p+1. The molecule has 35 heavy (non-hydrogen) atoms. The maximum Gasteiger partial charge on any atom is 0.295 e. The second-order valence-electron chi connectivity index (χ2n) is 8.05. The number of carbonyl (C=O) groups is 2. The van der Waals surface area contributed by atoms with E-state index in [1.165, 1.54) is 11.0 Å². The summed E-state index contributed by atoms with van der Waals surface area (Å²) in [4.78, 5) is 30.8. The van der Waals surface area contributed by atoms with E-state index in [0.29, 0.717) is 53.8 Å². The number of nitrogens with zero attached hydrogens (tertiary/aromatic N) is 2. The van der Waals surface area contributed by atoms with E-state index in [9.17, 15) is 14.7 Å². The van der Waals surface area contributed by atoms with Crippen molar-refractivity contribution in [3.8, 4) is 11.5 Å². The first-order valence-electron chi connectivity index (χ1n) is 11.3. The predicted molar refractivity (Wildman–Crippen MR) is 130 cm³/mol. The van der Waals surface area contributed by atoms with Crippen LogP contribution in [-0.2, 0) is 16.1 Å². The molecule has 1 aromatic heterocycles. The van der Waals surface area contributed by atoms with E-state index in [2.05, 4.69) is 4.98 Å². The molecule has 2 aromatic carbocycles. The highest BCUT2D eigenvalue weighted by molar-refractivity contribution is 6.46. The minimum absolute atomic E-state index is 0.0118. The van der Waals surface area contributed by atoms with Crippen LogP contribution < -0.4 is 14.0 Å². The fraction of sp³-hybridized carbons (Fsp3) is 0.269. The SMILES string of the molecule is CCOc1ccc(/C(O)=C2\C(=O)C(=O)N(CCC[n+]3cc[nH]c3)C2c2cccc(OC)c2)cc1Cl. The van der Waals surface area contributed by atoms with Crippen molar-refractivity contribution < 1.29 is 28.7 Å². The molecule has 8 nitrogen and oxygen atoms in total. The average Bonchev–Trinajstić information content (AvgIpc) is 3.47. The van der Waals surface area contributed by atoms with Gasteiger partial charge in [-0.2, -0.15) is 0 Å². The van der Waals surface area contributed by atoms with Crippen molar-refractivity contribution >= 4 is 29.1 Å². The third-order valence-corrected chi connectivity index (χ3v) is 6.17. The lowest BCUT2D eigenvalue weighted by atomic mass is 9.95. The highest BCUT2D eigenvalue weighted by Gasteiger charge is 2.46. The fourth-order valence-electron chi connectivity index (χ4n) is 4.23. The number of aliphatic hydroxyl groups is 1. The Morgan fingerprint density at radius 1 is 1.23 bits per heavy atom. The number of ketones is 1. The summed E-state index contributed by atoms with van der Waals surface area (Å²) >= 11 is 6.32. The molecule has 1 unspecified atom stereocenters. The van der Waals surface area contributed by atoms with Gasteiger partial charge < -0.3 is 19.5 Å². The van der Waals surface area contributed by atoms with Crippen LogP contribution in [0.1, 0.15) is 30.5 Å². The number of aromatic nitrogens is 2. The van der Waals surface area contributed by atoms with Crippen LogP contribution in [-0.4, -0.2) is 46.9 Å². The Hall–Kier alpha value is -3.78. The number of H-pyrrole nitrogens is 1. The number of Topliss-reactive ketones (excluding diaryl/α,β-unsaturated/α-hetero) is 1. The third kappa shape index (κ3) is 5.02. The number of ether oxygens (including phenoxy) is 2. The molecule has 4 rings (SSSR count). The lowest BCUT2D eigenvalue weighted by Crippen LogP contribution is -2.36. The van der Waals surface area contributed by atoms with Crippen molar-refractivity contribution in [1.29, 1.82) is 0 Å². The van der Waals surface area contributed by atoms with Crippen molar-refractivity contribution in [2.24, 2.45) is 0 Å². The molecule has 1 atom stereocenters. The van der Waals surface area contributed by atoms with Gasteiger partial charge in [0.15, 0.2) is 0 Å². The summed E-state index contributed by atoms with van der Waals surface area (Å²) in [5.74, 6) is -0.633. The van der Waals surface area contributed by atoms with Gasteiger partial charge in [0.05, 0.1) is 36.9 Å². The first-order chi connectivity index (χ1) is 16.9. The molecule has 3 aromatic rings. The number of likely N-dealkylation sites (tertiary alicyclic amines) is 1. The largest absolute Gasteiger partial charge is 0.507 e. The summed E-state index contributed by atoms with van der Waals surface area (Å²) in [6.45, 7) is 3.26. The highest BCUT2D eigenvalue weighted by atomic mass is 35.5. The minimum atomic E-state index is -0.772. The zero-order valence-corrected chi connectivity index (χ0v) is 20.3. The summed E-state index contributed by atoms with van der Waals surface area (Å²) in [6, 6.07) is 11.2. The van der Waals surface area contributed by atoms with Gasteiger partial charge in [0.25, 0.3) is 11.7 Å². The number of halogens is 1. The van der Waals surface area contributed by atoms with E-state index in [0.717, 1.165) is 0 Å². The average molecular weight is 497 g/mol. The molecular weight excluding hydrogens is 470 g/mol. The second kappa shape index (κ2) is 10.7. The molecule has 1 amide bonds. The number of hydrogen-bond donors (Lipinski definition) is 2. The molecule has 0 bridgehead atoms. The molecule has 0 radical (unpaired) electrons. The molecule has 182 valence electrons. The molecule has 0 spiro atoms. The van der Waals surface area contributed by atoms with Gasteiger partial charge in [0, 0.05) is 18.5 Å². The molecule has 2 heterocycles. The number of benzene rings is 2. The normalized spacial score (nSPS) is 17.1. The van der Waals surface area contributed by atoms with Crippen LogP contribution in [0.5, 0.6) is 11.5 Å². The van der Waals surface area contributed by atoms with Crippen molar-refractivity contribution in [2.45, 2.75) is 25.9 Å². The Kier molecular flexibility index (Phi) is 7.41. The van der Waals surface area contributed by atoms with Crippen LogP contribution >= 0.6 is 11.6 Å². The van der Waals surface area contributed by atoms with Crippen LogP contribution in [0.3, 0.4) is 0 Å². The van der Waals surface area contributed by atoms with Gasteiger partial charge in [-0.15, -0.1) is 0 Å². The Bertz CT molecular complexity index is 1260. The molecule has 1 aliphatic heterocycles. The van der Waals surface area contributed by atoms with Gasteiger partial charge in [0.1, 0.15) is 29.7 Å². The number of aryl methyl sites for hydroxylation is 1. The topological polar surface area (TPSA) is 95.7 Å². The van der Waals surface area contributed by atoms with Crippen molar-refractivity contribution in [3.05, 3.63) is 82.9 Å². The number of nitrogens with one attached hydrogen (secondary N) is 1. The number of methoxy groups -OCH3 is 1. The molecule has 9 heteroatoms. The maximum atomic E-state index is 13.2. The molecule has 1 aliphatic rings. The van der Waals surface area contributed by atoms with E-state index < -0.39 is 17.7 Å². The van der Waals surface area contributed by atoms with Crippen LogP contribution in [0.4, 0.5) is 0 Å². The lowest BCUT2D eigenvalue weighted by Gasteiger charge is -2.25. The van der Waals surface area contributed by atoms with Gasteiger partial charge in [-0.1, -0.05) is 23.7 Å². The van der Waals surface area contributed by atoms with Gasteiger partial charge >= 0.3 is 0 Å². The van der Waals surface area contributed by atoms with Crippen LogP contribution in [0.15, 0.2) is 66.8 Å². The summed E-state index contributed by atoms with van der Waals surface area (Å²) in [5.41, 5.74) is 1.00. The molecule has 2 N–H and O–H groups in total. The Morgan fingerprint density at radius 2 is 2.06 bits per heavy atom. The van der Waals surface area contributed by atoms with Gasteiger partial charge in [-0.3, -0.25) is 14.6 Å². The van der Waals surface area contributed by atoms with E-state index in [4.69, 9.17) is 21.1 Å². The first-order valence-corrected chi connectivity index (χ1v) is 11.7. The summed E-state index contributed by atoms with van der Waals surface area (Å²) in [5, 5.41) is 11.5. The summed E-state index contributed by atoms with van der Waals surface area (Å²) < 4.78 is 12.8. The van der Waals surface area contributed by atoms with Crippen LogP contribution in [0.25, 0.3) is 5.76 Å². The highest BCUT2D eigenvalue weighted by Crippen LogP contribution is 2.41. The Labute approximate surface area is 208 Å². The van der Waals surface area contributed by atoms with E-state index in [1.807, 2.05) is 36.3 Å². The Morgan fingerprint density at radius 3 is 2.74 bits per heavy atom. The number of hydrogen-bond acceptors (Lipinski definition) is 5. The number of aliphatic hydroxyl groups excluding tert-OH is 1. The van der Waals surface area contributed by atoms with Crippen LogP contribution in [0.2, 0.25) is 5.02 Å². The number of amides is 1. The number of carbonyl (C=O) groups excluding carboxylic acids is 2. The van der Waals surface area contributed by atoms with E-state index >= 15 is 0 Å². The van der Waals surface area contributed by atoms with Crippen molar-refractivity contribution in [1.82, 2.24) is 9.88 Å². The van der Waals surface area contributed by atoms with Crippen molar-refractivity contribution in [3.63, 3.8) is 0 Å². The minimum Gasteiger partial charge on any atom is -0.507 e. The number of rotatable bonds is 9. The van der Waals surface area contributed by atoms with E-state index in [1.54, 1.807) is 37.4 Å². The quantitative estimate of drug-likeness (QED) is 0.203. The summed E-state index contributed by atoms with van der Waals surface area (Å²) in [7, 11) is 1.55. The zero-order chi connectivity index (χ0) is 24.9. The first kappa shape index (κ1) is 24.3. The van der Waals surface area contributed by atoms with Gasteiger partial charge in [-0.05, 0) is 42.8 Å². The zero-order valence-electron chi connectivity index (χ0n) is 19.5. The molecule has 1 saturated heterocycles. The van der Waals surface area contributed by atoms with Gasteiger partial charge in [-0.25, -0.2) is 4.57 Å². The smallest absolute Gasteiger partial charge is 0.295 e. The molecule has 1 fully saturated rings. The second-order valence-corrected chi connectivity index (χ2v) is 8.46. The monoisotopic (exact) mass is 496 g/mol. The Balaban J connectivity index is 1.75. The predicted octanol–water partition coefficient (Wildman–Crippen LogP) is 3.87. The van der Waals surface area contributed by atoms with Crippen molar-refractivity contribution in [2.75, 3.05) is 20.3 Å². The molecular formula is C26H27ClN3O5+. The molecule has 0 aliphatic carbocycles. The summed E-state index contributed by atoms with van der Waals surface area (Å²) in [6.07, 6.45) is 6.14. The number of aromatic amines is 1. The van der Waals surface area contributed by atoms with Gasteiger partial charge in [0.2, 0.25) is 6.33 Å². The third-order valence-electron chi connectivity index (χ3n) is 5.87. The number of imidazole rings is 1.